The molecule has 136 valence electrons. The number of nitrogens with one attached hydrogen (secondary N) is 2. The molecule has 0 bridgehead atoms. The summed E-state index contributed by atoms with van der Waals surface area (Å²) in [5, 5.41) is 11.0. The Hall–Kier alpha value is -2.46. The molecule has 0 radical (unpaired) electrons. The van der Waals surface area contributed by atoms with Crippen molar-refractivity contribution in [2.75, 3.05) is 11.9 Å². The average molecular weight is 391 g/mol. The number of hydrogen-bond acceptors (Lipinski definition) is 8. The molecule has 1 amide bonds. The number of thioether (sulfide) groups is 1. The van der Waals surface area contributed by atoms with Crippen LogP contribution in [0.5, 0.6) is 0 Å². The maximum absolute atomic E-state index is 12.5. The maximum Gasteiger partial charge on any atom is 0.369 e. The number of rotatable bonds is 7. The van der Waals surface area contributed by atoms with Crippen LogP contribution in [0, 0.1) is 0 Å². The van der Waals surface area contributed by atoms with Gasteiger partial charge in [0, 0.05) is 0 Å². The summed E-state index contributed by atoms with van der Waals surface area (Å²) in [5.74, 6) is -0.765. The summed E-state index contributed by atoms with van der Waals surface area (Å²) in [7, 11) is 0. The lowest BCUT2D eigenvalue weighted by Crippen LogP contribution is -2.24. The van der Waals surface area contributed by atoms with Crippen LogP contribution in [0.4, 0.5) is 5.13 Å². The molecule has 0 saturated heterocycles. The van der Waals surface area contributed by atoms with Gasteiger partial charge in [-0.25, -0.2) is 9.78 Å². The fourth-order valence-electron chi connectivity index (χ4n) is 2.18. The first kappa shape index (κ1) is 18.3. The van der Waals surface area contributed by atoms with Crippen LogP contribution in [0.15, 0.2) is 29.4 Å². The molecule has 0 saturated carbocycles. The van der Waals surface area contributed by atoms with Gasteiger partial charge in [-0.05, 0) is 25.5 Å². The van der Waals surface area contributed by atoms with Gasteiger partial charge in [0.05, 0.1) is 22.9 Å². The summed E-state index contributed by atoms with van der Waals surface area (Å²) in [6.45, 7) is 3.89. The van der Waals surface area contributed by atoms with Gasteiger partial charge < -0.3 is 9.72 Å². The summed E-state index contributed by atoms with van der Waals surface area (Å²) in [6.07, 6.45) is 0.608. The summed E-state index contributed by atoms with van der Waals surface area (Å²) in [6, 6.07) is 7.69. The van der Waals surface area contributed by atoms with Crippen molar-refractivity contribution in [3.05, 3.63) is 29.3 Å². The number of para-hydroxylation sites is 2. The number of aromatic amines is 1. The molecule has 3 rings (SSSR count). The Morgan fingerprint density at radius 1 is 1.31 bits per heavy atom. The Morgan fingerprint density at radius 3 is 2.85 bits per heavy atom. The number of benzene rings is 1. The van der Waals surface area contributed by atoms with Crippen molar-refractivity contribution in [2.24, 2.45) is 0 Å². The molecule has 26 heavy (non-hydrogen) atoms. The Bertz CT molecular complexity index is 890. The summed E-state index contributed by atoms with van der Waals surface area (Å²) in [5.41, 5.74) is 1.78. The van der Waals surface area contributed by atoms with Gasteiger partial charge >= 0.3 is 5.97 Å². The van der Waals surface area contributed by atoms with E-state index in [4.69, 9.17) is 4.74 Å². The lowest BCUT2D eigenvalue weighted by Gasteiger charge is -2.11. The van der Waals surface area contributed by atoms with Crippen molar-refractivity contribution in [3.63, 3.8) is 0 Å². The van der Waals surface area contributed by atoms with Gasteiger partial charge in [0.25, 0.3) is 0 Å². The highest BCUT2D eigenvalue weighted by Gasteiger charge is 2.22. The molecular weight excluding hydrogens is 374 g/mol. The molecule has 0 spiro atoms. The van der Waals surface area contributed by atoms with Crippen LogP contribution < -0.4 is 5.32 Å². The quantitative estimate of drug-likeness (QED) is 0.470. The van der Waals surface area contributed by atoms with Crippen LogP contribution in [-0.4, -0.2) is 43.9 Å². The Morgan fingerprint density at radius 2 is 2.12 bits per heavy atom. The van der Waals surface area contributed by atoms with Crippen molar-refractivity contribution < 1.29 is 14.3 Å². The minimum absolute atomic E-state index is 0.111. The Balaban J connectivity index is 1.66. The van der Waals surface area contributed by atoms with Gasteiger partial charge in [-0.3, -0.25) is 10.1 Å². The van der Waals surface area contributed by atoms with E-state index in [2.05, 4.69) is 25.5 Å². The Labute approximate surface area is 157 Å². The lowest BCUT2D eigenvalue weighted by atomic mass is 10.3. The fourth-order valence-corrected chi connectivity index (χ4v) is 3.74. The molecule has 2 aromatic heterocycles. The minimum Gasteiger partial charge on any atom is -0.461 e. The number of imidazole rings is 1. The van der Waals surface area contributed by atoms with E-state index in [0.717, 1.165) is 22.4 Å². The highest BCUT2D eigenvalue weighted by molar-refractivity contribution is 8.00. The van der Waals surface area contributed by atoms with Crippen molar-refractivity contribution in [1.29, 1.82) is 0 Å². The molecule has 3 aromatic rings. The van der Waals surface area contributed by atoms with Gasteiger partial charge in [0.1, 0.15) is 0 Å². The van der Waals surface area contributed by atoms with E-state index >= 15 is 0 Å². The van der Waals surface area contributed by atoms with Crippen molar-refractivity contribution in [1.82, 2.24) is 20.2 Å². The molecule has 1 atom stereocenters. The zero-order valence-electron chi connectivity index (χ0n) is 14.2. The minimum atomic E-state index is -0.547. The predicted molar refractivity (Wildman–Crippen MR) is 101 cm³/mol. The number of H-pyrrole nitrogens is 1. The second kappa shape index (κ2) is 8.28. The van der Waals surface area contributed by atoms with Crippen LogP contribution in [0.2, 0.25) is 0 Å². The number of fused-ring (bicyclic) bond motifs is 1. The topological polar surface area (TPSA) is 110 Å². The normalized spacial score (nSPS) is 12.1. The van der Waals surface area contributed by atoms with E-state index in [9.17, 15) is 9.59 Å². The molecule has 0 aliphatic carbocycles. The number of nitrogens with zero attached hydrogens (tertiary/aromatic N) is 3. The third-order valence-corrected chi connectivity index (χ3v) is 5.46. The van der Waals surface area contributed by atoms with Gasteiger partial charge in [-0.2, -0.15) is 0 Å². The molecule has 0 aliphatic rings. The smallest absolute Gasteiger partial charge is 0.369 e. The first-order valence-electron chi connectivity index (χ1n) is 8.03. The number of carbonyl (C=O) groups excluding carboxylic acids is 2. The molecular formula is C16H17N5O3S2. The van der Waals surface area contributed by atoms with Gasteiger partial charge in [-0.15, -0.1) is 10.2 Å². The number of aromatic nitrogens is 4. The number of anilines is 1. The molecule has 10 heteroatoms. The molecule has 2 N–H and O–H groups in total. The zero-order valence-corrected chi connectivity index (χ0v) is 15.8. The van der Waals surface area contributed by atoms with E-state index in [-0.39, 0.29) is 27.9 Å². The van der Waals surface area contributed by atoms with Crippen LogP contribution in [0.25, 0.3) is 11.0 Å². The summed E-state index contributed by atoms with van der Waals surface area (Å²) < 4.78 is 4.86. The van der Waals surface area contributed by atoms with Crippen LogP contribution in [-0.2, 0) is 9.53 Å². The number of amides is 1. The Kier molecular flexibility index (Phi) is 5.84. The monoisotopic (exact) mass is 391 g/mol. The van der Waals surface area contributed by atoms with E-state index < -0.39 is 5.97 Å². The predicted octanol–water partition coefficient (Wildman–Crippen LogP) is 3.10. The maximum atomic E-state index is 12.5. The van der Waals surface area contributed by atoms with E-state index in [1.54, 1.807) is 6.92 Å². The largest absolute Gasteiger partial charge is 0.461 e. The van der Waals surface area contributed by atoms with Crippen LogP contribution in [0.3, 0.4) is 0 Å². The van der Waals surface area contributed by atoms with Crippen molar-refractivity contribution in [2.45, 2.75) is 30.7 Å². The number of esters is 1. The van der Waals surface area contributed by atoms with E-state index in [1.165, 1.54) is 11.8 Å². The van der Waals surface area contributed by atoms with Crippen molar-refractivity contribution in [3.8, 4) is 0 Å². The lowest BCUT2D eigenvalue weighted by molar-refractivity contribution is -0.115. The number of carbonyl (C=O) groups is 2. The second-order valence-corrected chi connectivity index (χ2v) is 7.36. The highest BCUT2D eigenvalue weighted by Crippen LogP contribution is 2.27. The third kappa shape index (κ3) is 4.20. The fraction of sp³-hybridized carbons (Fsp3) is 0.312. The summed E-state index contributed by atoms with van der Waals surface area (Å²) >= 11 is 2.34. The molecule has 1 aromatic carbocycles. The first-order valence-corrected chi connectivity index (χ1v) is 9.73. The van der Waals surface area contributed by atoms with Crippen LogP contribution >= 0.6 is 23.1 Å². The molecule has 0 unspecified atom stereocenters. The average Bonchev–Trinajstić information content (AvgIpc) is 3.26. The molecule has 8 nitrogen and oxygen atoms in total. The van der Waals surface area contributed by atoms with Crippen LogP contribution in [0.1, 0.15) is 30.1 Å². The highest BCUT2D eigenvalue weighted by atomic mass is 32.2. The van der Waals surface area contributed by atoms with Gasteiger partial charge in [0.2, 0.25) is 16.0 Å². The SMILES string of the molecule is CCOC(=O)c1nnc(NC(=O)[C@H](CC)Sc2nc3ccccc3[nH]2)s1. The zero-order chi connectivity index (χ0) is 18.5. The van der Waals surface area contributed by atoms with Gasteiger partial charge in [-0.1, -0.05) is 42.2 Å². The second-order valence-electron chi connectivity index (χ2n) is 5.20. The molecule has 0 aliphatic heterocycles. The summed E-state index contributed by atoms with van der Waals surface area (Å²) in [4.78, 5) is 31.8. The third-order valence-electron chi connectivity index (χ3n) is 3.39. The van der Waals surface area contributed by atoms with Crippen molar-refractivity contribution >= 4 is 51.1 Å². The molecule has 2 heterocycles. The van der Waals surface area contributed by atoms with E-state index in [1.807, 2.05) is 31.2 Å². The molecule has 0 fully saturated rings. The van der Waals surface area contributed by atoms with Gasteiger partial charge in [0.15, 0.2) is 5.16 Å². The van der Waals surface area contributed by atoms with E-state index in [0.29, 0.717) is 11.6 Å². The number of ether oxygens (including phenoxy) is 1. The number of hydrogen-bond donors (Lipinski definition) is 2. The first-order chi connectivity index (χ1) is 12.6. The standard InChI is InChI=1S/C16H17N5O3S2/c1-3-11(25-15-17-9-7-5-6-8-10(9)18-15)12(22)19-16-21-20-13(26-16)14(23)24-4-2/h5-8,11H,3-4H2,1-2H3,(H,17,18)(H,19,21,22)/t11-/m0/s1.